The zero-order valence-corrected chi connectivity index (χ0v) is 9.50. The van der Waals surface area contributed by atoms with Gasteiger partial charge in [0, 0.05) is 4.88 Å². The van der Waals surface area contributed by atoms with E-state index in [2.05, 4.69) is 4.72 Å². The average Bonchev–Trinajstić information content (AvgIpc) is 2.52. The van der Waals surface area contributed by atoms with E-state index < -0.39 is 10.0 Å². The van der Waals surface area contributed by atoms with Gasteiger partial charge >= 0.3 is 0 Å². The highest BCUT2D eigenvalue weighted by molar-refractivity contribution is 7.91. The molecule has 1 aromatic heterocycles. The van der Waals surface area contributed by atoms with E-state index in [1.165, 1.54) is 18.4 Å². The van der Waals surface area contributed by atoms with Crippen LogP contribution in [0.3, 0.4) is 0 Å². The second kappa shape index (κ2) is 3.77. The summed E-state index contributed by atoms with van der Waals surface area (Å²) in [6, 6.07) is 3.51. The minimum absolute atomic E-state index is 0.380. The maximum Gasteiger partial charge on any atom is 0.249 e. The Hall–Kier alpha value is -0.390. The Morgan fingerprint density at radius 3 is 2.38 bits per heavy atom. The first-order chi connectivity index (χ1) is 5.97. The largest absolute Gasteiger partial charge is 0.249 e. The van der Waals surface area contributed by atoms with Gasteiger partial charge in [-0.25, -0.2) is 13.1 Å². The predicted octanol–water partition coefficient (Wildman–Crippen LogP) is 1.78. The summed E-state index contributed by atoms with van der Waals surface area (Å²) < 4.78 is 25.4. The van der Waals surface area contributed by atoms with Gasteiger partial charge in [0.15, 0.2) is 0 Å². The summed E-state index contributed by atoms with van der Waals surface area (Å²) in [6.45, 7) is 4.09. The van der Waals surface area contributed by atoms with Crippen molar-refractivity contribution in [2.75, 3.05) is 7.05 Å². The van der Waals surface area contributed by atoms with E-state index in [1.54, 1.807) is 6.07 Å². The molecule has 0 aliphatic heterocycles. The van der Waals surface area contributed by atoms with Crippen molar-refractivity contribution in [3.05, 3.63) is 17.0 Å². The van der Waals surface area contributed by atoms with Crippen molar-refractivity contribution in [3.63, 3.8) is 0 Å². The topological polar surface area (TPSA) is 46.2 Å². The van der Waals surface area contributed by atoms with E-state index in [4.69, 9.17) is 0 Å². The van der Waals surface area contributed by atoms with Crippen LogP contribution in [0.1, 0.15) is 24.6 Å². The molecule has 0 unspecified atom stereocenters. The van der Waals surface area contributed by atoms with Gasteiger partial charge in [-0.05, 0) is 25.1 Å². The molecular formula is C8H13NO2S2. The Balaban J connectivity index is 3.06. The smallest absolute Gasteiger partial charge is 0.214 e. The van der Waals surface area contributed by atoms with Crippen LogP contribution in [0.15, 0.2) is 16.3 Å². The van der Waals surface area contributed by atoms with E-state index in [0.29, 0.717) is 10.1 Å². The quantitative estimate of drug-likeness (QED) is 0.842. The molecule has 0 amide bonds. The molecule has 0 saturated carbocycles. The maximum absolute atomic E-state index is 11.3. The van der Waals surface area contributed by atoms with Crippen LogP contribution in [0.2, 0.25) is 0 Å². The second-order valence-electron chi connectivity index (χ2n) is 3.02. The molecule has 5 heteroatoms. The molecule has 0 spiro atoms. The van der Waals surface area contributed by atoms with Crippen LogP contribution < -0.4 is 4.72 Å². The van der Waals surface area contributed by atoms with Crippen LogP contribution in [0.5, 0.6) is 0 Å². The van der Waals surface area contributed by atoms with Gasteiger partial charge in [0.25, 0.3) is 0 Å². The number of sulfonamides is 1. The van der Waals surface area contributed by atoms with Crippen molar-refractivity contribution in [1.29, 1.82) is 0 Å². The first kappa shape index (κ1) is 10.7. The summed E-state index contributed by atoms with van der Waals surface area (Å²) in [6.07, 6.45) is 0. The van der Waals surface area contributed by atoms with Crippen LogP contribution in [-0.4, -0.2) is 15.5 Å². The molecule has 0 aromatic carbocycles. The molecule has 1 N–H and O–H groups in total. The van der Waals surface area contributed by atoms with E-state index >= 15 is 0 Å². The lowest BCUT2D eigenvalue weighted by Crippen LogP contribution is -2.17. The Kier molecular flexibility index (Phi) is 3.10. The van der Waals surface area contributed by atoms with Crippen molar-refractivity contribution >= 4 is 21.4 Å². The lowest BCUT2D eigenvalue weighted by molar-refractivity contribution is 0.590. The van der Waals surface area contributed by atoms with Crippen molar-refractivity contribution in [2.24, 2.45) is 0 Å². The molecule has 0 bridgehead atoms. The zero-order chi connectivity index (χ0) is 10.1. The molecule has 1 rings (SSSR count). The Bertz CT molecular complexity index is 379. The van der Waals surface area contributed by atoms with Gasteiger partial charge in [-0.1, -0.05) is 13.8 Å². The maximum atomic E-state index is 11.3. The molecular weight excluding hydrogens is 206 g/mol. The molecule has 0 radical (unpaired) electrons. The second-order valence-corrected chi connectivity index (χ2v) is 6.25. The summed E-state index contributed by atoms with van der Waals surface area (Å²) >= 11 is 1.32. The third kappa shape index (κ3) is 2.30. The van der Waals surface area contributed by atoms with Crippen LogP contribution >= 0.6 is 11.3 Å². The SMILES string of the molecule is CNS(=O)(=O)c1ccc(C(C)C)s1. The summed E-state index contributed by atoms with van der Waals surface area (Å²) in [5, 5.41) is 0. The minimum atomic E-state index is -3.24. The molecule has 0 aliphatic rings. The van der Waals surface area contributed by atoms with E-state index in [9.17, 15) is 8.42 Å². The number of rotatable bonds is 3. The van der Waals surface area contributed by atoms with Crippen LogP contribution in [0.4, 0.5) is 0 Å². The minimum Gasteiger partial charge on any atom is -0.214 e. The summed E-state index contributed by atoms with van der Waals surface area (Å²) in [4.78, 5) is 1.09. The van der Waals surface area contributed by atoms with E-state index in [-0.39, 0.29) is 0 Å². The molecule has 0 fully saturated rings. The van der Waals surface area contributed by atoms with Crippen molar-refractivity contribution in [2.45, 2.75) is 24.0 Å². The van der Waals surface area contributed by atoms with Gasteiger partial charge in [-0.3, -0.25) is 0 Å². The molecule has 3 nitrogen and oxygen atoms in total. The summed E-state index contributed by atoms with van der Waals surface area (Å²) in [5.74, 6) is 0.380. The fourth-order valence-electron chi connectivity index (χ4n) is 0.890. The first-order valence-electron chi connectivity index (χ1n) is 4.00. The molecule has 13 heavy (non-hydrogen) atoms. The summed E-state index contributed by atoms with van der Waals surface area (Å²) in [7, 11) is -1.82. The average molecular weight is 219 g/mol. The van der Waals surface area contributed by atoms with Crippen molar-refractivity contribution in [1.82, 2.24) is 4.72 Å². The highest BCUT2D eigenvalue weighted by Crippen LogP contribution is 2.26. The van der Waals surface area contributed by atoms with E-state index in [1.807, 2.05) is 19.9 Å². The van der Waals surface area contributed by atoms with Crippen molar-refractivity contribution < 1.29 is 8.42 Å². The van der Waals surface area contributed by atoms with Gasteiger partial charge in [-0.15, -0.1) is 11.3 Å². The molecule has 1 aromatic rings. The van der Waals surface area contributed by atoms with Gasteiger partial charge in [0.05, 0.1) is 0 Å². The van der Waals surface area contributed by atoms with Gasteiger partial charge in [0.1, 0.15) is 4.21 Å². The first-order valence-corrected chi connectivity index (χ1v) is 6.30. The lowest BCUT2D eigenvalue weighted by Gasteiger charge is -1.99. The van der Waals surface area contributed by atoms with Gasteiger partial charge in [0.2, 0.25) is 10.0 Å². The third-order valence-electron chi connectivity index (χ3n) is 1.70. The number of thiophene rings is 1. The fraction of sp³-hybridized carbons (Fsp3) is 0.500. The zero-order valence-electron chi connectivity index (χ0n) is 7.87. The van der Waals surface area contributed by atoms with Crippen molar-refractivity contribution in [3.8, 4) is 0 Å². The molecule has 0 atom stereocenters. The van der Waals surface area contributed by atoms with Crippen LogP contribution in [-0.2, 0) is 10.0 Å². The Morgan fingerprint density at radius 2 is 2.00 bits per heavy atom. The monoisotopic (exact) mass is 219 g/mol. The molecule has 1 heterocycles. The predicted molar refractivity (Wildman–Crippen MR) is 54.7 cm³/mol. The molecule has 0 saturated heterocycles. The van der Waals surface area contributed by atoms with Gasteiger partial charge < -0.3 is 0 Å². The normalized spacial score (nSPS) is 12.3. The van der Waals surface area contributed by atoms with E-state index in [0.717, 1.165) is 4.88 Å². The Morgan fingerprint density at radius 1 is 1.38 bits per heavy atom. The fourth-order valence-corrected chi connectivity index (χ4v) is 3.06. The highest BCUT2D eigenvalue weighted by atomic mass is 32.2. The lowest BCUT2D eigenvalue weighted by atomic mass is 10.2. The summed E-state index contributed by atoms with van der Waals surface area (Å²) in [5.41, 5.74) is 0. The number of hydrogen-bond donors (Lipinski definition) is 1. The third-order valence-corrected chi connectivity index (χ3v) is 5.00. The van der Waals surface area contributed by atoms with Crippen LogP contribution in [0.25, 0.3) is 0 Å². The Labute approximate surface area is 82.8 Å². The standard InChI is InChI=1S/C8H13NO2S2/c1-6(2)7-4-5-8(12-7)13(10,11)9-3/h4-6,9H,1-3H3. The molecule has 0 aliphatic carbocycles. The number of hydrogen-bond acceptors (Lipinski definition) is 3. The molecule has 74 valence electrons. The number of nitrogens with one attached hydrogen (secondary N) is 1. The van der Waals surface area contributed by atoms with Gasteiger partial charge in [-0.2, -0.15) is 0 Å². The highest BCUT2D eigenvalue weighted by Gasteiger charge is 2.14. The van der Waals surface area contributed by atoms with Crippen LogP contribution in [0, 0.1) is 0 Å².